The molecule has 3 nitrogen and oxygen atoms in total. The molecular formula is C19H22BrNO2. The molecule has 2 aromatic carbocycles. The van der Waals surface area contributed by atoms with Crippen LogP contribution in [0.1, 0.15) is 32.6 Å². The lowest BCUT2D eigenvalue weighted by atomic mass is 10.1. The number of nitrogens with zero attached hydrogens (tertiary/aromatic N) is 1. The molecule has 3 rings (SSSR count). The van der Waals surface area contributed by atoms with Crippen molar-refractivity contribution in [3.63, 3.8) is 0 Å². The summed E-state index contributed by atoms with van der Waals surface area (Å²) in [7, 11) is 0. The van der Waals surface area contributed by atoms with Gasteiger partial charge in [-0.2, -0.15) is 0 Å². The predicted octanol–water partition coefficient (Wildman–Crippen LogP) is 4.77. The van der Waals surface area contributed by atoms with Crippen molar-refractivity contribution in [3.8, 4) is 5.75 Å². The third-order valence-electron chi connectivity index (χ3n) is 4.40. The smallest absolute Gasteiger partial charge is 0.263 e. The van der Waals surface area contributed by atoms with Crippen LogP contribution in [-0.2, 0) is 4.79 Å². The first-order valence-electron chi connectivity index (χ1n) is 8.29. The number of benzene rings is 2. The minimum atomic E-state index is -0.467. The summed E-state index contributed by atoms with van der Waals surface area (Å²) in [5, 5.41) is 2.25. The van der Waals surface area contributed by atoms with E-state index in [0.29, 0.717) is 0 Å². The van der Waals surface area contributed by atoms with Gasteiger partial charge in [-0.05, 0) is 52.5 Å². The second-order valence-corrected chi connectivity index (χ2v) is 6.89. The van der Waals surface area contributed by atoms with Gasteiger partial charge in [0.2, 0.25) is 0 Å². The molecule has 0 N–H and O–H groups in total. The van der Waals surface area contributed by atoms with Crippen LogP contribution in [0.2, 0.25) is 0 Å². The van der Waals surface area contributed by atoms with Crippen LogP contribution in [-0.4, -0.2) is 30.0 Å². The molecule has 0 bridgehead atoms. The fraction of sp³-hybridized carbons (Fsp3) is 0.421. The molecule has 1 unspecified atom stereocenters. The number of amides is 1. The predicted molar refractivity (Wildman–Crippen MR) is 96.8 cm³/mol. The number of fused-ring (bicyclic) bond motifs is 1. The monoisotopic (exact) mass is 375 g/mol. The van der Waals surface area contributed by atoms with Crippen LogP contribution < -0.4 is 4.74 Å². The highest BCUT2D eigenvalue weighted by molar-refractivity contribution is 9.10. The van der Waals surface area contributed by atoms with E-state index in [1.165, 1.54) is 12.8 Å². The van der Waals surface area contributed by atoms with Crippen molar-refractivity contribution in [2.75, 3.05) is 13.1 Å². The molecule has 1 aliphatic heterocycles. The summed E-state index contributed by atoms with van der Waals surface area (Å²) >= 11 is 3.62. The Bertz CT molecular complexity index is 693. The van der Waals surface area contributed by atoms with Crippen molar-refractivity contribution < 1.29 is 9.53 Å². The Morgan fingerprint density at radius 2 is 1.78 bits per heavy atom. The van der Waals surface area contributed by atoms with Crippen LogP contribution in [0.3, 0.4) is 0 Å². The van der Waals surface area contributed by atoms with Crippen LogP contribution >= 0.6 is 15.9 Å². The fourth-order valence-electron chi connectivity index (χ4n) is 3.09. The van der Waals surface area contributed by atoms with Crippen LogP contribution in [0.15, 0.2) is 40.9 Å². The Labute approximate surface area is 145 Å². The molecular weight excluding hydrogens is 354 g/mol. The zero-order valence-electron chi connectivity index (χ0n) is 13.4. The largest absolute Gasteiger partial charge is 0.480 e. The highest BCUT2D eigenvalue weighted by Crippen LogP contribution is 2.33. The lowest BCUT2D eigenvalue weighted by molar-refractivity contribution is -0.137. The maximum atomic E-state index is 12.6. The van der Waals surface area contributed by atoms with E-state index in [2.05, 4.69) is 22.0 Å². The van der Waals surface area contributed by atoms with Crippen LogP contribution in [0, 0.1) is 0 Å². The van der Waals surface area contributed by atoms with Crippen LogP contribution in [0.25, 0.3) is 10.8 Å². The van der Waals surface area contributed by atoms with Gasteiger partial charge in [-0.3, -0.25) is 4.79 Å². The van der Waals surface area contributed by atoms with E-state index in [4.69, 9.17) is 4.74 Å². The number of hydrogen-bond acceptors (Lipinski definition) is 2. The Morgan fingerprint density at radius 3 is 2.52 bits per heavy atom. The molecule has 1 atom stereocenters. The third-order valence-corrected chi connectivity index (χ3v) is 5.22. The minimum absolute atomic E-state index is 0.0898. The maximum absolute atomic E-state index is 12.6. The third kappa shape index (κ3) is 3.69. The van der Waals surface area contributed by atoms with Crippen molar-refractivity contribution in [1.29, 1.82) is 0 Å². The van der Waals surface area contributed by atoms with Gasteiger partial charge in [0.1, 0.15) is 5.75 Å². The molecule has 4 heteroatoms. The first-order valence-corrected chi connectivity index (χ1v) is 9.09. The Kier molecular flexibility index (Phi) is 5.21. The van der Waals surface area contributed by atoms with Crippen molar-refractivity contribution in [1.82, 2.24) is 4.90 Å². The summed E-state index contributed by atoms with van der Waals surface area (Å²) in [6, 6.07) is 12.1. The summed E-state index contributed by atoms with van der Waals surface area (Å²) in [4.78, 5) is 14.6. The molecule has 0 aromatic heterocycles. The normalized spacial score (nSPS) is 16.9. The molecule has 122 valence electrons. The second kappa shape index (κ2) is 7.35. The van der Waals surface area contributed by atoms with E-state index in [0.717, 1.165) is 46.9 Å². The topological polar surface area (TPSA) is 29.5 Å². The molecule has 1 heterocycles. The molecule has 0 spiro atoms. The molecule has 0 aliphatic carbocycles. The van der Waals surface area contributed by atoms with E-state index in [1.807, 2.05) is 42.2 Å². The number of hydrogen-bond donors (Lipinski definition) is 0. The molecule has 2 aromatic rings. The number of ether oxygens (including phenoxy) is 1. The molecule has 1 fully saturated rings. The Balaban J connectivity index is 1.75. The highest BCUT2D eigenvalue weighted by atomic mass is 79.9. The maximum Gasteiger partial charge on any atom is 0.263 e. The summed E-state index contributed by atoms with van der Waals surface area (Å²) in [5.41, 5.74) is 0. The molecule has 1 amide bonds. The summed E-state index contributed by atoms with van der Waals surface area (Å²) in [6.07, 6.45) is 4.16. The molecule has 23 heavy (non-hydrogen) atoms. The lowest BCUT2D eigenvalue weighted by Crippen LogP contribution is -2.41. The first-order chi connectivity index (χ1) is 11.2. The van der Waals surface area contributed by atoms with Gasteiger partial charge in [0.05, 0.1) is 4.47 Å². The quantitative estimate of drug-likeness (QED) is 0.772. The van der Waals surface area contributed by atoms with Gasteiger partial charge in [0.25, 0.3) is 5.91 Å². The number of rotatable bonds is 3. The lowest BCUT2D eigenvalue weighted by Gasteiger charge is -2.25. The fourth-order valence-corrected chi connectivity index (χ4v) is 3.68. The van der Waals surface area contributed by atoms with E-state index >= 15 is 0 Å². The summed E-state index contributed by atoms with van der Waals surface area (Å²) < 4.78 is 6.88. The van der Waals surface area contributed by atoms with Gasteiger partial charge in [0, 0.05) is 13.1 Å². The second-order valence-electron chi connectivity index (χ2n) is 6.10. The average Bonchev–Trinajstić information content (AvgIpc) is 2.86. The van der Waals surface area contributed by atoms with Gasteiger partial charge < -0.3 is 9.64 Å². The van der Waals surface area contributed by atoms with Crippen molar-refractivity contribution in [2.45, 2.75) is 38.7 Å². The molecule has 0 radical (unpaired) electrons. The summed E-state index contributed by atoms with van der Waals surface area (Å²) in [5.74, 6) is 0.811. The van der Waals surface area contributed by atoms with Gasteiger partial charge >= 0.3 is 0 Å². The van der Waals surface area contributed by atoms with Crippen molar-refractivity contribution >= 4 is 32.6 Å². The zero-order chi connectivity index (χ0) is 16.2. The van der Waals surface area contributed by atoms with E-state index in [-0.39, 0.29) is 5.91 Å². The molecule has 1 saturated heterocycles. The first kappa shape index (κ1) is 16.3. The Hall–Kier alpha value is -1.55. The zero-order valence-corrected chi connectivity index (χ0v) is 15.0. The van der Waals surface area contributed by atoms with Gasteiger partial charge in [-0.15, -0.1) is 0 Å². The summed E-state index contributed by atoms with van der Waals surface area (Å²) in [6.45, 7) is 3.55. The number of carbonyl (C=O) groups excluding carboxylic acids is 1. The van der Waals surface area contributed by atoms with Crippen molar-refractivity contribution in [3.05, 3.63) is 40.9 Å². The number of likely N-dealkylation sites (tertiary alicyclic amines) is 1. The number of carbonyl (C=O) groups is 1. The minimum Gasteiger partial charge on any atom is -0.480 e. The Morgan fingerprint density at radius 1 is 1.09 bits per heavy atom. The SMILES string of the molecule is CC(Oc1ccc2ccccc2c1Br)C(=O)N1CCCCCC1. The molecule has 0 saturated carbocycles. The van der Waals surface area contributed by atoms with Gasteiger partial charge in [-0.25, -0.2) is 0 Å². The van der Waals surface area contributed by atoms with Gasteiger partial charge in [-0.1, -0.05) is 43.2 Å². The van der Waals surface area contributed by atoms with Crippen LogP contribution in [0.4, 0.5) is 0 Å². The standard InChI is InChI=1S/C19H22BrNO2/c1-14(19(22)21-12-6-2-3-7-13-21)23-17-11-10-15-8-4-5-9-16(15)18(17)20/h4-5,8-11,14H,2-3,6-7,12-13H2,1H3. The van der Waals surface area contributed by atoms with Crippen molar-refractivity contribution in [2.24, 2.45) is 0 Å². The average molecular weight is 376 g/mol. The molecule has 1 aliphatic rings. The van der Waals surface area contributed by atoms with Crippen LogP contribution in [0.5, 0.6) is 5.75 Å². The van der Waals surface area contributed by atoms with E-state index in [1.54, 1.807) is 0 Å². The van der Waals surface area contributed by atoms with E-state index in [9.17, 15) is 4.79 Å². The number of halogens is 1. The van der Waals surface area contributed by atoms with Gasteiger partial charge in [0.15, 0.2) is 6.10 Å². The highest BCUT2D eigenvalue weighted by Gasteiger charge is 2.23. The van der Waals surface area contributed by atoms with E-state index < -0.39 is 6.10 Å².